The van der Waals surface area contributed by atoms with Crippen LogP contribution in [0.3, 0.4) is 0 Å². The first-order chi connectivity index (χ1) is 10.1. The molecule has 1 saturated carbocycles. The molecule has 1 fully saturated rings. The Morgan fingerprint density at radius 3 is 2.18 bits per heavy atom. The largest absolute Gasteiger partial charge is 0.481 e. The van der Waals surface area contributed by atoms with Crippen molar-refractivity contribution in [1.82, 2.24) is 5.32 Å². The zero-order chi connectivity index (χ0) is 17.0. The molecule has 0 aromatic rings. The first kappa shape index (κ1) is 18.8. The van der Waals surface area contributed by atoms with Gasteiger partial charge in [0.2, 0.25) is 0 Å². The van der Waals surface area contributed by atoms with Gasteiger partial charge in [-0.25, -0.2) is 4.79 Å². The molecule has 0 saturated heterocycles. The molecule has 1 aliphatic rings. The number of carboxylic acids is 1. The second-order valence-corrected chi connectivity index (χ2v) is 7.90. The summed E-state index contributed by atoms with van der Waals surface area (Å²) in [6.07, 6.45) is 4.03. The van der Waals surface area contributed by atoms with E-state index in [0.29, 0.717) is 6.42 Å². The van der Waals surface area contributed by atoms with Gasteiger partial charge in [0.05, 0.1) is 5.41 Å². The Labute approximate surface area is 133 Å². The second kappa shape index (κ2) is 7.34. The molecule has 0 spiro atoms. The molecule has 2 N–H and O–H groups in total. The summed E-state index contributed by atoms with van der Waals surface area (Å²) in [5.74, 6) is -0.413. The Morgan fingerprint density at radius 1 is 1.23 bits per heavy atom. The molecule has 0 heterocycles. The quantitative estimate of drug-likeness (QED) is 0.781. The van der Waals surface area contributed by atoms with Crippen LogP contribution in [0.15, 0.2) is 0 Å². The highest BCUT2D eigenvalue weighted by Gasteiger charge is 2.47. The summed E-state index contributed by atoms with van der Waals surface area (Å²) in [6.45, 7) is 9.58. The minimum absolute atomic E-state index is 0.127. The van der Waals surface area contributed by atoms with Crippen LogP contribution < -0.4 is 5.32 Å². The van der Waals surface area contributed by atoms with Gasteiger partial charge >= 0.3 is 12.1 Å². The van der Waals surface area contributed by atoms with E-state index in [2.05, 4.69) is 5.32 Å². The summed E-state index contributed by atoms with van der Waals surface area (Å²) >= 11 is 0. The molecule has 1 rings (SSSR count). The number of carboxylic acid groups (broad SMARTS) is 1. The van der Waals surface area contributed by atoms with E-state index in [4.69, 9.17) is 4.74 Å². The lowest BCUT2D eigenvalue weighted by atomic mass is 9.69. The van der Waals surface area contributed by atoms with Crippen LogP contribution in [0.5, 0.6) is 0 Å². The van der Waals surface area contributed by atoms with E-state index in [0.717, 1.165) is 25.7 Å². The lowest BCUT2D eigenvalue weighted by Gasteiger charge is -2.37. The highest BCUT2D eigenvalue weighted by molar-refractivity contribution is 5.77. The highest BCUT2D eigenvalue weighted by Crippen LogP contribution is 2.44. The Kier molecular flexibility index (Phi) is 6.27. The number of aliphatic carboxylic acids is 1. The monoisotopic (exact) mass is 313 g/mol. The summed E-state index contributed by atoms with van der Waals surface area (Å²) in [5.41, 5.74) is -1.47. The van der Waals surface area contributed by atoms with Crippen LogP contribution in [-0.2, 0) is 9.53 Å². The van der Waals surface area contributed by atoms with E-state index in [1.165, 1.54) is 0 Å². The molecule has 0 aromatic heterocycles. The third-order valence-electron chi connectivity index (χ3n) is 4.28. The van der Waals surface area contributed by atoms with Crippen molar-refractivity contribution in [3.8, 4) is 0 Å². The molecule has 5 nitrogen and oxygen atoms in total. The molecule has 0 radical (unpaired) electrons. The minimum atomic E-state index is -0.887. The molecule has 128 valence electrons. The van der Waals surface area contributed by atoms with E-state index in [-0.39, 0.29) is 18.4 Å². The van der Waals surface area contributed by atoms with Crippen molar-refractivity contribution in [1.29, 1.82) is 0 Å². The van der Waals surface area contributed by atoms with Gasteiger partial charge in [-0.05, 0) is 51.9 Å². The van der Waals surface area contributed by atoms with Crippen LogP contribution in [0.2, 0.25) is 0 Å². The Morgan fingerprint density at radius 2 is 1.77 bits per heavy atom. The molecule has 0 aliphatic heterocycles. The molecule has 1 atom stereocenters. The van der Waals surface area contributed by atoms with Crippen molar-refractivity contribution in [2.24, 2.45) is 17.3 Å². The summed E-state index contributed by atoms with van der Waals surface area (Å²) in [6, 6.07) is 0. The lowest BCUT2D eigenvalue weighted by molar-refractivity contribution is -0.153. The summed E-state index contributed by atoms with van der Waals surface area (Å²) < 4.78 is 5.24. The van der Waals surface area contributed by atoms with Crippen LogP contribution in [0.1, 0.15) is 66.7 Å². The fraction of sp³-hybridized carbons (Fsp3) is 0.882. The third kappa shape index (κ3) is 5.18. The Hall–Kier alpha value is -1.26. The van der Waals surface area contributed by atoms with E-state index < -0.39 is 23.1 Å². The molecule has 1 unspecified atom stereocenters. The predicted octanol–water partition coefficient (Wildman–Crippen LogP) is 3.82. The average Bonchev–Trinajstić information content (AvgIpc) is 2.85. The van der Waals surface area contributed by atoms with Gasteiger partial charge in [0.15, 0.2) is 0 Å². The summed E-state index contributed by atoms with van der Waals surface area (Å²) in [4.78, 5) is 24.0. The van der Waals surface area contributed by atoms with Crippen molar-refractivity contribution < 1.29 is 19.4 Å². The standard InChI is InChI=1S/C17H31NO4/c1-12(2)10-17(14(19)20,13-8-6-7-9-13)11-18-15(21)22-16(3,4)5/h12-13H,6-11H2,1-5H3,(H,18,21)(H,19,20). The lowest BCUT2D eigenvalue weighted by Crippen LogP contribution is -2.49. The first-order valence-corrected chi connectivity index (χ1v) is 8.27. The van der Waals surface area contributed by atoms with E-state index in [1.54, 1.807) is 20.8 Å². The summed E-state index contributed by atoms with van der Waals surface area (Å²) in [5, 5.41) is 12.6. The van der Waals surface area contributed by atoms with Gasteiger partial charge in [-0.2, -0.15) is 0 Å². The highest BCUT2D eigenvalue weighted by atomic mass is 16.6. The zero-order valence-corrected chi connectivity index (χ0v) is 14.6. The molecular weight excluding hydrogens is 282 g/mol. The molecule has 1 aliphatic carbocycles. The molecule has 5 heteroatoms. The molecule has 0 aromatic carbocycles. The number of alkyl carbamates (subject to hydrolysis) is 1. The van der Waals surface area contributed by atoms with Crippen molar-refractivity contribution in [3.05, 3.63) is 0 Å². The number of ether oxygens (including phenoxy) is 1. The number of carbonyl (C=O) groups excluding carboxylic acids is 1. The fourth-order valence-electron chi connectivity index (χ4n) is 3.47. The van der Waals surface area contributed by atoms with Crippen LogP contribution in [-0.4, -0.2) is 29.3 Å². The van der Waals surface area contributed by atoms with Crippen LogP contribution >= 0.6 is 0 Å². The maximum Gasteiger partial charge on any atom is 0.407 e. The second-order valence-electron chi connectivity index (χ2n) is 7.90. The Bertz CT molecular complexity index is 394. The first-order valence-electron chi connectivity index (χ1n) is 8.27. The molecule has 1 amide bonds. The SMILES string of the molecule is CC(C)CC(CNC(=O)OC(C)(C)C)(C(=O)O)C1CCCC1. The van der Waals surface area contributed by atoms with Gasteiger partial charge in [0.25, 0.3) is 0 Å². The van der Waals surface area contributed by atoms with Crippen LogP contribution in [0.25, 0.3) is 0 Å². The predicted molar refractivity (Wildman–Crippen MR) is 85.7 cm³/mol. The van der Waals surface area contributed by atoms with Crippen LogP contribution in [0.4, 0.5) is 4.79 Å². The zero-order valence-electron chi connectivity index (χ0n) is 14.6. The van der Waals surface area contributed by atoms with Crippen molar-refractivity contribution in [3.63, 3.8) is 0 Å². The van der Waals surface area contributed by atoms with Crippen LogP contribution in [0, 0.1) is 17.3 Å². The van der Waals surface area contributed by atoms with Crippen molar-refractivity contribution in [2.45, 2.75) is 72.3 Å². The normalized spacial score (nSPS) is 19.0. The number of hydrogen-bond donors (Lipinski definition) is 2. The number of rotatable bonds is 6. The maximum absolute atomic E-state index is 12.0. The van der Waals surface area contributed by atoms with Crippen molar-refractivity contribution in [2.75, 3.05) is 6.54 Å². The van der Waals surface area contributed by atoms with Gasteiger partial charge in [0.1, 0.15) is 5.60 Å². The van der Waals surface area contributed by atoms with Gasteiger partial charge < -0.3 is 15.2 Å². The van der Waals surface area contributed by atoms with E-state index in [9.17, 15) is 14.7 Å². The van der Waals surface area contributed by atoms with Gasteiger partial charge in [-0.3, -0.25) is 4.79 Å². The van der Waals surface area contributed by atoms with Gasteiger partial charge in [0, 0.05) is 6.54 Å². The summed E-state index contributed by atoms with van der Waals surface area (Å²) in [7, 11) is 0. The van der Waals surface area contributed by atoms with Gasteiger partial charge in [-0.15, -0.1) is 0 Å². The fourth-order valence-corrected chi connectivity index (χ4v) is 3.47. The van der Waals surface area contributed by atoms with E-state index in [1.807, 2.05) is 13.8 Å². The molecular formula is C17H31NO4. The number of carbonyl (C=O) groups is 2. The smallest absolute Gasteiger partial charge is 0.407 e. The van der Waals surface area contributed by atoms with Crippen molar-refractivity contribution >= 4 is 12.1 Å². The topological polar surface area (TPSA) is 75.6 Å². The number of amides is 1. The van der Waals surface area contributed by atoms with E-state index >= 15 is 0 Å². The average molecular weight is 313 g/mol. The number of hydrogen-bond acceptors (Lipinski definition) is 3. The maximum atomic E-state index is 12.0. The molecule has 22 heavy (non-hydrogen) atoms. The Balaban J connectivity index is 2.85. The minimum Gasteiger partial charge on any atom is -0.481 e. The molecule has 0 bridgehead atoms. The van der Waals surface area contributed by atoms with Gasteiger partial charge in [-0.1, -0.05) is 26.7 Å². The number of nitrogens with one attached hydrogen (secondary N) is 1. The third-order valence-corrected chi connectivity index (χ3v) is 4.28.